The van der Waals surface area contributed by atoms with Crippen molar-refractivity contribution >= 4 is 34.8 Å². The molecule has 0 amide bonds. The summed E-state index contributed by atoms with van der Waals surface area (Å²) < 4.78 is 11.3. The van der Waals surface area contributed by atoms with Crippen LogP contribution in [-0.2, 0) is 13.2 Å². The minimum atomic E-state index is 0.213. The van der Waals surface area contributed by atoms with Crippen LogP contribution in [0.2, 0.25) is 15.1 Å². The van der Waals surface area contributed by atoms with Crippen molar-refractivity contribution in [1.29, 1.82) is 0 Å². The molecule has 0 aliphatic rings. The van der Waals surface area contributed by atoms with Crippen molar-refractivity contribution in [2.75, 3.05) is 20.3 Å². The lowest BCUT2D eigenvalue weighted by molar-refractivity contribution is 0.283. The molecule has 142 valence electrons. The first kappa shape index (κ1) is 21.1. The number of hydrogen-bond donors (Lipinski definition) is 2. The molecular weight excluding hydrogens is 397 g/mol. The summed E-state index contributed by atoms with van der Waals surface area (Å²) >= 11 is 18.5. The van der Waals surface area contributed by atoms with E-state index in [0.29, 0.717) is 33.1 Å². The van der Waals surface area contributed by atoms with Gasteiger partial charge in [0.25, 0.3) is 0 Å². The maximum atomic E-state index is 8.79. The largest absolute Gasteiger partial charge is 0.493 e. The van der Waals surface area contributed by atoms with Crippen LogP contribution < -0.4 is 14.8 Å². The first-order valence-electron chi connectivity index (χ1n) is 8.30. The maximum absolute atomic E-state index is 8.79. The molecule has 0 aliphatic carbocycles. The smallest absolute Gasteiger partial charge is 0.180 e. The molecule has 0 saturated heterocycles. The summed E-state index contributed by atoms with van der Waals surface area (Å²) in [6, 6.07) is 8.99. The number of rotatable bonds is 10. The molecule has 4 nitrogen and oxygen atoms in total. The normalized spacial score (nSPS) is 10.8. The standard InChI is InChI=1S/C19H22Cl3NO3/c1-25-18-9-13(11-23-6-2-3-7-24)8-17(22)19(18)26-12-14-4-5-15(20)10-16(14)21/h4-5,8-10,23-24H,2-3,6-7,11-12H2,1H3. The summed E-state index contributed by atoms with van der Waals surface area (Å²) in [5.74, 6) is 1.04. The van der Waals surface area contributed by atoms with E-state index in [1.807, 2.05) is 18.2 Å². The highest BCUT2D eigenvalue weighted by Gasteiger charge is 2.13. The van der Waals surface area contributed by atoms with Gasteiger partial charge in [-0.25, -0.2) is 0 Å². The van der Waals surface area contributed by atoms with Crippen molar-refractivity contribution in [3.63, 3.8) is 0 Å². The Morgan fingerprint density at radius 1 is 1.04 bits per heavy atom. The second-order valence-corrected chi connectivity index (χ2v) is 6.99. The lowest BCUT2D eigenvalue weighted by Crippen LogP contribution is -2.15. The van der Waals surface area contributed by atoms with Gasteiger partial charge in [0.2, 0.25) is 0 Å². The molecule has 0 spiro atoms. The van der Waals surface area contributed by atoms with Crippen molar-refractivity contribution in [3.05, 3.63) is 56.5 Å². The summed E-state index contributed by atoms with van der Waals surface area (Å²) in [7, 11) is 1.58. The molecule has 2 N–H and O–H groups in total. The van der Waals surface area contributed by atoms with E-state index in [1.165, 1.54) is 0 Å². The lowest BCUT2D eigenvalue weighted by Gasteiger charge is -2.15. The molecule has 0 bridgehead atoms. The molecule has 2 aromatic carbocycles. The van der Waals surface area contributed by atoms with Gasteiger partial charge in [-0.15, -0.1) is 0 Å². The first-order valence-corrected chi connectivity index (χ1v) is 9.43. The number of ether oxygens (including phenoxy) is 2. The Labute approximate surface area is 169 Å². The molecule has 0 aliphatic heterocycles. The predicted molar refractivity (Wildman–Crippen MR) is 107 cm³/mol. The summed E-state index contributed by atoms with van der Waals surface area (Å²) in [4.78, 5) is 0. The van der Waals surface area contributed by atoms with Crippen molar-refractivity contribution in [1.82, 2.24) is 5.32 Å². The summed E-state index contributed by atoms with van der Waals surface area (Å²) in [5, 5.41) is 13.7. The predicted octanol–water partition coefficient (Wildman–Crippen LogP) is 5.10. The van der Waals surface area contributed by atoms with E-state index < -0.39 is 0 Å². The van der Waals surface area contributed by atoms with E-state index in [9.17, 15) is 0 Å². The van der Waals surface area contributed by atoms with Crippen LogP contribution in [0, 0.1) is 0 Å². The molecule has 0 radical (unpaired) electrons. The summed E-state index contributed by atoms with van der Waals surface area (Å²) in [6.07, 6.45) is 1.71. The number of hydrogen-bond acceptors (Lipinski definition) is 4. The highest BCUT2D eigenvalue weighted by atomic mass is 35.5. The highest BCUT2D eigenvalue weighted by Crippen LogP contribution is 2.37. The molecule has 2 aromatic rings. The molecule has 0 heterocycles. The van der Waals surface area contributed by atoms with E-state index in [4.69, 9.17) is 49.4 Å². The molecule has 0 aromatic heterocycles. The van der Waals surface area contributed by atoms with Crippen LogP contribution in [0.4, 0.5) is 0 Å². The minimum absolute atomic E-state index is 0.213. The van der Waals surface area contributed by atoms with Crippen molar-refractivity contribution in [2.24, 2.45) is 0 Å². The third-order valence-electron chi connectivity index (χ3n) is 3.77. The van der Waals surface area contributed by atoms with Gasteiger partial charge in [-0.1, -0.05) is 40.9 Å². The fourth-order valence-electron chi connectivity index (χ4n) is 2.40. The fraction of sp³-hybridized carbons (Fsp3) is 0.368. The molecule has 2 rings (SSSR count). The zero-order chi connectivity index (χ0) is 18.9. The van der Waals surface area contributed by atoms with Crippen LogP contribution in [0.3, 0.4) is 0 Å². The Hall–Kier alpha value is -1.17. The van der Waals surface area contributed by atoms with E-state index in [2.05, 4.69) is 5.32 Å². The minimum Gasteiger partial charge on any atom is -0.493 e. The maximum Gasteiger partial charge on any atom is 0.180 e. The number of halogens is 3. The lowest BCUT2D eigenvalue weighted by atomic mass is 10.2. The van der Waals surface area contributed by atoms with E-state index in [0.717, 1.165) is 30.5 Å². The van der Waals surface area contributed by atoms with Gasteiger partial charge in [0.05, 0.1) is 12.1 Å². The average Bonchev–Trinajstić information content (AvgIpc) is 2.61. The third-order valence-corrected chi connectivity index (χ3v) is 4.63. The average molecular weight is 419 g/mol. The van der Waals surface area contributed by atoms with E-state index in [1.54, 1.807) is 19.2 Å². The number of benzene rings is 2. The van der Waals surface area contributed by atoms with E-state index >= 15 is 0 Å². The van der Waals surface area contributed by atoms with Crippen LogP contribution in [0.1, 0.15) is 24.0 Å². The number of nitrogens with one attached hydrogen (secondary N) is 1. The van der Waals surface area contributed by atoms with Gasteiger partial charge in [0.15, 0.2) is 11.5 Å². The Balaban J connectivity index is 2.03. The summed E-state index contributed by atoms with van der Waals surface area (Å²) in [5.41, 5.74) is 1.80. The molecule has 0 atom stereocenters. The molecule has 0 saturated carbocycles. The summed E-state index contributed by atoms with van der Waals surface area (Å²) in [6.45, 7) is 1.95. The van der Waals surface area contributed by atoms with Crippen molar-refractivity contribution in [2.45, 2.75) is 26.0 Å². The topological polar surface area (TPSA) is 50.7 Å². The highest BCUT2D eigenvalue weighted by molar-refractivity contribution is 6.35. The molecule has 0 unspecified atom stereocenters. The van der Waals surface area contributed by atoms with Gasteiger partial charge < -0.3 is 19.9 Å². The van der Waals surface area contributed by atoms with Crippen molar-refractivity contribution in [3.8, 4) is 11.5 Å². The van der Waals surface area contributed by atoms with Gasteiger partial charge in [-0.2, -0.15) is 0 Å². The quantitative estimate of drug-likeness (QED) is 0.527. The van der Waals surface area contributed by atoms with Gasteiger partial charge in [-0.05, 0) is 49.2 Å². The van der Waals surface area contributed by atoms with Crippen LogP contribution in [0.15, 0.2) is 30.3 Å². The van der Waals surface area contributed by atoms with Gasteiger partial charge in [-0.3, -0.25) is 0 Å². The Morgan fingerprint density at radius 3 is 2.54 bits per heavy atom. The van der Waals surface area contributed by atoms with Gasteiger partial charge in [0.1, 0.15) is 6.61 Å². The SMILES string of the molecule is COc1cc(CNCCCCO)cc(Cl)c1OCc1ccc(Cl)cc1Cl. The number of aliphatic hydroxyl groups is 1. The number of aliphatic hydroxyl groups excluding tert-OH is 1. The van der Waals surface area contributed by atoms with Gasteiger partial charge in [0, 0.05) is 28.8 Å². The fourth-order valence-corrected chi connectivity index (χ4v) is 3.15. The van der Waals surface area contributed by atoms with Crippen LogP contribution >= 0.6 is 34.8 Å². The Bertz CT molecular complexity index is 725. The zero-order valence-corrected chi connectivity index (χ0v) is 16.8. The number of unbranched alkanes of at least 4 members (excludes halogenated alkanes) is 1. The molecule has 26 heavy (non-hydrogen) atoms. The first-order chi connectivity index (χ1) is 12.5. The van der Waals surface area contributed by atoms with E-state index in [-0.39, 0.29) is 13.2 Å². The number of methoxy groups -OCH3 is 1. The second-order valence-electron chi connectivity index (χ2n) is 5.74. The molecule has 0 fully saturated rings. The van der Waals surface area contributed by atoms with Gasteiger partial charge >= 0.3 is 0 Å². The Kier molecular flexibility index (Phi) is 8.82. The molecular formula is C19H22Cl3NO3. The zero-order valence-electron chi connectivity index (χ0n) is 14.5. The van der Waals surface area contributed by atoms with Crippen LogP contribution in [0.5, 0.6) is 11.5 Å². The molecule has 7 heteroatoms. The van der Waals surface area contributed by atoms with Crippen molar-refractivity contribution < 1.29 is 14.6 Å². The monoisotopic (exact) mass is 417 g/mol. The third kappa shape index (κ3) is 6.22. The second kappa shape index (κ2) is 10.9. The van der Waals surface area contributed by atoms with Crippen LogP contribution in [0.25, 0.3) is 0 Å². The van der Waals surface area contributed by atoms with Crippen LogP contribution in [-0.4, -0.2) is 25.4 Å². The Morgan fingerprint density at radius 2 is 1.85 bits per heavy atom.